The Morgan fingerprint density at radius 2 is 2.15 bits per heavy atom. The van der Waals surface area contributed by atoms with Gasteiger partial charge in [0.05, 0.1) is 12.5 Å². The molecular weight excluding hydrogens is 276 g/mol. The van der Waals surface area contributed by atoms with Crippen LogP contribution in [0.4, 0.5) is 0 Å². The van der Waals surface area contributed by atoms with Gasteiger partial charge in [0.25, 0.3) is 0 Å². The molecule has 0 radical (unpaired) electrons. The van der Waals surface area contributed by atoms with Crippen molar-refractivity contribution in [1.82, 2.24) is 14.9 Å². The summed E-state index contributed by atoms with van der Waals surface area (Å²) in [4.78, 5) is 0. The van der Waals surface area contributed by atoms with E-state index >= 15 is 0 Å². The van der Waals surface area contributed by atoms with Gasteiger partial charge in [0, 0.05) is 5.56 Å². The lowest BCUT2D eigenvalue weighted by Gasteiger charge is -1.99. The van der Waals surface area contributed by atoms with Crippen LogP contribution in [0, 0.1) is 4.77 Å². The number of nitrogens with zero attached hydrogens (tertiary/aromatic N) is 3. The zero-order valence-electron chi connectivity index (χ0n) is 10.2. The highest BCUT2D eigenvalue weighted by molar-refractivity contribution is 7.71. The first-order valence-corrected chi connectivity index (χ1v) is 6.20. The molecule has 20 heavy (non-hydrogen) atoms. The van der Waals surface area contributed by atoms with Gasteiger partial charge in [-0.15, -0.1) is 5.10 Å². The van der Waals surface area contributed by atoms with Gasteiger partial charge >= 0.3 is 0 Å². The maximum Gasteiger partial charge on any atom is 0.219 e. The van der Waals surface area contributed by atoms with Gasteiger partial charge in [-0.25, -0.2) is 5.10 Å². The minimum atomic E-state index is 0.144. The standard InChI is InChI=1S/C13H10N4O2S/c18-10-5-2-1-4-9(10)8-14-17-12(15-16-13(17)20)11-6-3-7-19-11/h1-8,18H,(H,16,20)/b14-8+. The molecule has 6 nitrogen and oxygen atoms in total. The van der Waals surface area contributed by atoms with Crippen LogP contribution in [0.3, 0.4) is 0 Å². The third-order valence-corrected chi connectivity index (χ3v) is 2.91. The van der Waals surface area contributed by atoms with E-state index in [0.717, 1.165) is 0 Å². The third-order valence-electron chi connectivity index (χ3n) is 2.64. The summed E-state index contributed by atoms with van der Waals surface area (Å²) in [6, 6.07) is 10.4. The molecule has 100 valence electrons. The van der Waals surface area contributed by atoms with Crippen LogP contribution in [0.15, 0.2) is 52.2 Å². The number of furan rings is 1. The van der Waals surface area contributed by atoms with Crippen LogP contribution in [0.2, 0.25) is 0 Å². The van der Waals surface area contributed by atoms with Crippen molar-refractivity contribution < 1.29 is 9.52 Å². The van der Waals surface area contributed by atoms with Crippen molar-refractivity contribution in [3.05, 3.63) is 53.0 Å². The summed E-state index contributed by atoms with van der Waals surface area (Å²) >= 11 is 5.12. The van der Waals surface area contributed by atoms with Crippen molar-refractivity contribution >= 4 is 18.4 Å². The molecule has 2 N–H and O–H groups in total. The fraction of sp³-hybridized carbons (Fsp3) is 0. The summed E-state index contributed by atoms with van der Waals surface area (Å²) in [5.41, 5.74) is 0.584. The van der Waals surface area contributed by atoms with Gasteiger partial charge in [-0.2, -0.15) is 9.78 Å². The number of H-pyrrole nitrogens is 1. The number of aromatic amines is 1. The smallest absolute Gasteiger partial charge is 0.219 e. The molecule has 1 aromatic carbocycles. The summed E-state index contributed by atoms with van der Waals surface area (Å²) in [5.74, 6) is 1.16. The zero-order valence-corrected chi connectivity index (χ0v) is 11.0. The normalized spacial score (nSPS) is 11.2. The molecular formula is C13H10N4O2S. The predicted octanol–water partition coefficient (Wildman–Crippen LogP) is 2.79. The van der Waals surface area contributed by atoms with Crippen molar-refractivity contribution in [2.24, 2.45) is 5.10 Å². The largest absolute Gasteiger partial charge is 0.507 e. The Kier molecular flexibility index (Phi) is 3.18. The quantitative estimate of drug-likeness (QED) is 0.573. The van der Waals surface area contributed by atoms with Crippen LogP contribution in [0.5, 0.6) is 5.75 Å². The zero-order chi connectivity index (χ0) is 13.9. The van der Waals surface area contributed by atoms with Crippen LogP contribution in [-0.4, -0.2) is 26.2 Å². The molecule has 0 aliphatic carbocycles. The average molecular weight is 286 g/mol. The van der Waals surface area contributed by atoms with Gasteiger partial charge in [-0.3, -0.25) is 0 Å². The highest BCUT2D eigenvalue weighted by atomic mass is 32.1. The van der Waals surface area contributed by atoms with E-state index in [4.69, 9.17) is 16.6 Å². The second kappa shape index (κ2) is 5.14. The van der Waals surface area contributed by atoms with Gasteiger partial charge in [-0.05, 0) is 36.5 Å². The minimum Gasteiger partial charge on any atom is -0.507 e. The van der Waals surface area contributed by atoms with Crippen LogP contribution < -0.4 is 0 Å². The number of hydrogen-bond donors (Lipinski definition) is 2. The fourth-order valence-corrected chi connectivity index (χ4v) is 1.86. The molecule has 0 spiro atoms. The Labute approximate surface area is 119 Å². The summed E-state index contributed by atoms with van der Waals surface area (Å²) in [5, 5.41) is 20.6. The van der Waals surface area contributed by atoms with Crippen LogP contribution in [-0.2, 0) is 0 Å². The number of hydrogen-bond acceptors (Lipinski definition) is 5. The number of phenolic OH excluding ortho intramolecular Hbond substituents is 1. The van der Waals surface area contributed by atoms with E-state index in [0.29, 0.717) is 21.9 Å². The van der Waals surface area contributed by atoms with Gasteiger partial charge in [0.1, 0.15) is 5.75 Å². The molecule has 0 saturated carbocycles. The van der Waals surface area contributed by atoms with Crippen LogP contribution >= 0.6 is 12.2 Å². The Morgan fingerprint density at radius 1 is 1.30 bits per heavy atom. The van der Waals surface area contributed by atoms with Crippen molar-refractivity contribution in [2.75, 3.05) is 0 Å². The van der Waals surface area contributed by atoms with Crippen LogP contribution in [0.25, 0.3) is 11.6 Å². The maximum absolute atomic E-state index is 9.69. The number of para-hydroxylation sites is 1. The number of nitrogens with one attached hydrogen (secondary N) is 1. The second-order valence-corrected chi connectivity index (χ2v) is 4.33. The predicted molar refractivity (Wildman–Crippen MR) is 76.2 cm³/mol. The molecule has 2 aromatic heterocycles. The van der Waals surface area contributed by atoms with E-state index in [9.17, 15) is 5.11 Å². The lowest BCUT2D eigenvalue weighted by molar-refractivity contribution is 0.474. The molecule has 0 unspecified atom stereocenters. The van der Waals surface area contributed by atoms with Crippen molar-refractivity contribution in [3.8, 4) is 17.3 Å². The molecule has 0 fully saturated rings. The van der Waals surface area contributed by atoms with Gasteiger partial charge in [-0.1, -0.05) is 12.1 Å². The fourth-order valence-electron chi connectivity index (χ4n) is 1.68. The summed E-state index contributed by atoms with van der Waals surface area (Å²) < 4.78 is 7.04. The molecule has 0 aliphatic heterocycles. The van der Waals surface area contributed by atoms with Crippen molar-refractivity contribution in [3.63, 3.8) is 0 Å². The summed E-state index contributed by atoms with van der Waals surface area (Å²) in [7, 11) is 0. The van der Waals surface area contributed by atoms with Gasteiger partial charge < -0.3 is 9.52 Å². The van der Waals surface area contributed by atoms with E-state index < -0.39 is 0 Å². The first-order valence-electron chi connectivity index (χ1n) is 5.79. The second-order valence-electron chi connectivity index (χ2n) is 3.94. The van der Waals surface area contributed by atoms with E-state index in [1.807, 2.05) is 6.07 Å². The monoisotopic (exact) mass is 286 g/mol. The average Bonchev–Trinajstić information content (AvgIpc) is 3.08. The number of benzene rings is 1. The number of aromatic hydroxyl groups is 1. The van der Waals surface area contributed by atoms with E-state index in [1.54, 1.807) is 36.6 Å². The van der Waals surface area contributed by atoms with E-state index in [1.165, 1.54) is 10.9 Å². The van der Waals surface area contributed by atoms with Gasteiger partial charge in [0.15, 0.2) is 5.76 Å². The maximum atomic E-state index is 9.69. The topological polar surface area (TPSA) is 79.3 Å². The Balaban J connectivity index is 2.02. The molecule has 2 heterocycles. The number of phenols is 1. The summed E-state index contributed by atoms with van der Waals surface area (Å²) in [6.45, 7) is 0. The lowest BCUT2D eigenvalue weighted by atomic mass is 10.2. The highest BCUT2D eigenvalue weighted by Gasteiger charge is 2.10. The van der Waals surface area contributed by atoms with E-state index in [-0.39, 0.29) is 5.75 Å². The van der Waals surface area contributed by atoms with Crippen LogP contribution in [0.1, 0.15) is 5.56 Å². The molecule has 7 heteroatoms. The highest BCUT2D eigenvalue weighted by Crippen LogP contribution is 2.18. The number of aromatic nitrogens is 3. The Morgan fingerprint density at radius 3 is 2.90 bits per heavy atom. The third kappa shape index (κ3) is 2.26. The molecule has 0 bridgehead atoms. The molecule has 3 rings (SSSR count). The first-order chi connectivity index (χ1) is 9.75. The first kappa shape index (κ1) is 12.4. The molecule has 0 aliphatic rings. The van der Waals surface area contributed by atoms with E-state index in [2.05, 4.69) is 15.3 Å². The lowest BCUT2D eigenvalue weighted by Crippen LogP contribution is -1.94. The van der Waals surface area contributed by atoms with Gasteiger partial charge in [0.2, 0.25) is 10.6 Å². The molecule has 3 aromatic rings. The van der Waals surface area contributed by atoms with Crippen molar-refractivity contribution in [2.45, 2.75) is 0 Å². The minimum absolute atomic E-state index is 0.144. The number of rotatable bonds is 3. The summed E-state index contributed by atoms with van der Waals surface area (Å²) in [6.07, 6.45) is 3.05. The SMILES string of the molecule is Oc1ccccc1/C=N/n1c(-c2ccco2)n[nH]c1=S. The molecule has 0 atom stereocenters. The van der Waals surface area contributed by atoms with Crippen molar-refractivity contribution in [1.29, 1.82) is 0 Å². The Bertz CT molecular complexity index is 802. The Hall–Kier alpha value is -2.67. The molecule has 0 amide bonds. The molecule has 0 saturated heterocycles.